The molecule has 0 aliphatic heterocycles. The fourth-order valence-corrected chi connectivity index (χ4v) is 2.68. The molecule has 0 amide bonds. The molecular formula is C11H26ClP. The molecule has 0 N–H and O–H groups in total. The van der Waals surface area contributed by atoms with E-state index >= 15 is 0 Å². The maximum absolute atomic E-state index is 3.11. The van der Waals surface area contributed by atoms with E-state index in [-0.39, 0.29) is 12.4 Å². The third-order valence-electron chi connectivity index (χ3n) is 2.52. The van der Waals surface area contributed by atoms with Crippen molar-refractivity contribution in [2.45, 2.75) is 70.9 Å². The van der Waals surface area contributed by atoms with Crippen LogP contribution in [0.5, 0.6) is 0 Å². The Morgan fingerprint density at radius 2 is 1.31 bits per heavy atom. The highest BCUT2D eigenvalue weighted by Gasteiger charge is 2.20. The van der Waals surface area contributed by atoms with Gasteiger partial charge in [0.05, 0.1) is 0 Å². The van der Waals surface area contributed by atoms with E-state index in [4.69, 9.17) is 0 Å². The van der Waals surface area contributed by atoms with Gasteiger partial charge in [0.25, 0.3) is 0 Å². The topological polar surface area (TPSA) is 0 Å². The van der Waals surface area contributed by atoms with Crippen LogP contribution in [0.25, 0.3) is 0 Å². The molecule has 1 unspecified atom stereocenters. The highest BCUT2D eigenvalue weighted by molar-refractivity contribution is 7.18. The molecule has 0 fully saturated rings. The summed E-state index contributed by atoms with van der Waals surface area (Å²) in [5.41, 5.74) is 0. The van der Waals surface area contributed by atoms with E-state index in [0.29, 0.717) is 5.16 Å². The maximum atomic E-state index is 3.11. The average molecular weight is 225 g/mol. The first-order valence-electron chi connectivity index (χ1n) is 5.47. The molecule has 1 atom stereocenters. The second kappa shape index (κ2) is 9.28. The van der Waals surface area contributed by atoms with Gasteiger partial charge in [0.1, 0.15) is 0 Å². The van der Waals surface area contributed by atoms with Crippen molar-refractivity contribution in [2.24, 2.45) is 0 Å². The van der Waals surface area contributed by atoms with Crippen LogP contribution < -0.4 is 0 Å². The number of hydrogen-bond acceptors (Lipinski definition) is 0. The van der Waals surface area contributed by atoms with Crippen molar-refractivity contribution >= 4 is 21.6 Å². The predicted molar refractivity (Wildman–Crippen MR) is 69.0 cm³/mol. The van der Waals surface area contributed by atoms with E-state index in [1.54, 1.807) is 0 Å². The van der Waals surface area contributed by atoms with Crippen molar-refractivity contribution in [1.82, 2.24) is 0 Å². The molecule has 0 saturated heterocycles. The Bertz CT molecular complexity index is 98.3. The zero-order valence-corrected chi connectivity index (χ0v) is 11.4. The maximum Gasteiger partial charge on any atom is -0.0150 e. The van der Waals surface area contributed by atoms with Crippen molar-refractivity contribution in [2.75, 3.05) is 0 Å². The van der Waals surface area contributed by atoms with Gasteiger partial charge in [-0.25, -0.2) is 0 Å². The SMILES string of the molecule is CCCCC(P)(CCC)CCC.Cl. The smallest absolute Gasteiger partial charge is 0.0150 e. The van der Waals surface area contributed by atoms with Gasteiger partial charge in [0, 0.05) is 0 Å². The lowest BCUT2D eigenvalue weighted by molar-refractivity contribution is 0.442. The lowest BCUT2D eigenvalue weighted by atomic mass is 9.91. The van der Waals surface area contributed by atoms with Crippen LogP contribution in [-0.4, -0.2) is 5.16 Å². The third kappa shape index (κ3) is 7.77. The van der Waals surface area contributed by atoms with Crippen molar-refractivity contribution in [3.8, 4) is 0 Å². The van der Waals surface area contributed by atoms with Gasteiger partial charge in [0.15, 0.2) is 0 Å². The van der Waals surface area contributed by atoms with Crippen LogP contribution in [0.3, 0.4) is 0 Å². The highest BCUT2D eigenvalue weighted by atomic mass is 35.5. The number of rotatable bonds is 7. The second-order valence-electron chi connectivity index (χ2n) is 3.97. The fourth-order valence-electron chi connectivity index (χ4n) is 1.90. The summed E-state index contributed by atoms with van der Waals surface area (Å²) >= 11 is 0. The summed E-state index contributed by atoms with van der Waals surface area (Å²) in [4.78, 5) is 0. The van der Waals surface area contributed by atoms with E-state index in [1.807, 2.05) is 0 Å². The Labute approximate surface area is 92.9 Å². The second-order valence-corrected chi connectivity index (χ2v) is 5.19. The summed E-state index contributed by atoms with van der Waals surface area (Å²) in [5.74, 6) is 0. The average Bonchev–Trinajstić information content (AvgIpc) is 2.02. The Balaban J connectivity index is 0. The normalized spacial score (nSPS) is 11.1. The lowest BCUT2D eigenvalue weighted by Crippen LogP contribution is -2.19. The molecule has 0 aliphatic carbocycles. The van der Waals surface area contributed by atoms with Crippen molar-refractivity contribution in [3.05, 3.63) is 0 Å². The van der Waals surface area contributed by atoms with Gasteiger partial charge in [-0.05, 0) is 24.4 Å². The molecule has 0 aromatic carbocycles. The fraction of sp³-hybridized carbons (Fsp3) is 1.00. The molecule has 82 valence electrons. The van der Waals surface area contributed by atoms with Crippen LogP contribution >= 0.6 is 21.6 Å². The minimum atomic E-state index is 0. The molecule has 0 nitrogen and oxygen atoms in total. The van der Waals surface area contributed by atoms with E-state index in [9.17, 15) is 0 Å². The van der Waals surface area contributed by atoms with Gasteiger partial charge >= 0.3 is 0 Å². The molecule has 0 bridgehead atoms. The summed E-state index contributed by atoms with van der Waals surface area (Å²) in [6, 6.07) is 0. The number of halogens is 1. The molecular weight excluding hydrogens is 199 g/mol. The molecule has 0 aromatic rings. The molecule has 0 radical (unpaired) electrons. The zero-order chi connectivity index (χ0) is 9.45. The predicted octanol–water partition coefficient (Wildman–Crippen LogP) is 4.81. The van der Waals surface area contributed by atoms with E-state index in [0.717, 1.165) is 0 Å². The van der Waals surface area contributed by atoms with Crippen LogP contribution in [0.1, 0.15) is 65.7 Å². The Kier molecular flexibility index (Phi) is 11.5. The Hall–Kier alpha value is 0.720. The first kappa shape index (κ1) is 16.2. The molecule has 0 heterocycles. The summed E-state index contributed by atoms with van der Waals surface area (Å²) in [5, 5.41) is 0.569. The summed E-state index contributed by atoms with van der Waals surface area (Å²) in [6.45, 7) is 6.86. The van der Waals surface area contributed by atoms with Crippen LogP contribution in [0.15, 0.2) is 0 Å². The zero-order valence-electron chi connectivity index (χ0n) is 9.44. The molecule has 0 rings (SSSR count). The van der Waals surface area contributed by atoms with Crippen LogP contribution in [0, 0.1) is 0 Å². The van der Waals surface area contributed by atoms with Gasteiger partial charge in [-0.15, -0.1) is 21.6 Å². The van der Waals surface area contributed by atoms with Crippen LogP contribution in [0.4, 0.5) is 0 Å². The summed E-state index contributed by atoms with van der Waals surface area (Å²) in [6.07, 6.45) is 9.54. The lowest BCUT2D eigenvalue weighted by Gasteiger charge is -2.28. The first-order valence-corrected chi connectivity index (χ1v) is 6.05. The van der Waals surface area contributed by atoms with E-state index in [2.05, 4.69) is 30.0 Å². The highest BCUT2D eigenvalue weighted by Crippen LogP contribution is 2.35. The van der Waals surface area contributed by atoms with Gasteiger partial charge in [-0.3, -0.25) is 0 Å². The van der Waals surface area contributed by atoms with Crippen LogP contribution in [-0.2, 0) is 0 Å². The summed E-state index contributed by atoms with van der Waals surface area (Å²) < 4.78 is 0. The van der Waals surface area contributed by atoms with Crippen molar-refractivity contribution in [1.29, 1.82) is 0 Å². The summed E-state index contributed by atoms with van der Waals surface area (Å²) in [7, 11) is 3.11. The monoisotopic (exact) mass is 224 g/mol. The first-order chi connectivity index (χ1) is 5.68. The standard InChI is InChI=1S/C11H25P.ClH/c1-4-7-10-11(12,8-5-2)9-6-3;/h4-10,12H2,1-3H3;1H. The van der Waals surface area contributed by atoms with Gasteiger partial charge in [-0.1, -0.05) is 46.5 Å². The Morgan fingerprint density at radius 3 is 1.62 bits per heavy atom. The number of unbranched alkanes of at least 4 members (excludes halogenated alkanes) is 1. The van der Waals surface area contributed by atoms with Crippen molar-refractivity contribution in [3.63, 3.8) is 0 Å². The molecule has 2 heteroatoms. The van der Waals surface area contributed by atoms with Gasteiger partial charge in [0.2, 0.25) is 0 Å². The molecule has 13 heavy (non-hydrogen) atoms. The minimum Gasteiger partial charge on any atom is -0.147 e. The largest absolute Gasteiger partial charge is 0.147 e. The van der Waals surface area contributed by atoms with Gasteiger partial charge < -0.3 is 0 Å². The van der Waals surface area contributed by atoms with Gasteiger partial charge in [-0.2, -0.15) is 0 Å². The van der Waals surface area contributed by atoms with Crippen molar-refractivity contribution < 1.29 is 0 Å². The number of hydrogen-bond donors (Lipinski definition) is 0. The van der Waals surface area contributed by atoms with Crippen LogP contribution in [0.2, 0.25) is 0 Å². The molecule has 0 spiro atoms. The third-order valence-corrected chi connectivity index (χ3v) is 3.39. The Morgan fingerprint density at radius 1 is 0.846 bits per heavy atom. The molecule has 0 aromatic heterocycles. The molecule has 0 aliphatic rings. The van der Waals surface area contributed by atoms with E-state index < -0.39 is 0 Å². The minimum absolute atomic E-state index is 0. The quantitative estimate of drug-likeness (QED) is 0.545. The molecule has 0 saturated carbocycles. The van der Waals surface area contributed by atoms with E-state index in [1.165, 1.54) is 44.9 Å².